The van der Waals surface area contributed by atoms with Crippen molar-refractivity contribution in [2.75, 3.05) is 13.7 Å². The lowest BCUT2D eigenvalue weighted by molar-refractivity contribution is 0.0806. The fourth-order valence-corrected chi connectivity index (χ4v) is 4.10. The molecule has 1 aliphatic rings. The lowest BCUT2D eigenvalue weighted by atomic mass is 9.92. The molecule has 0 aromatic heterocycles. The molecule has 0 bridgehead atoms. The van der Waals surface area contributed by atoms with Crippen LogP contribution in [0.4, 0.5) is 0 Å². The fourth-order valence-electron chi connectivity index (χ4n) is 3.38. The highest BCUT2D eigenvalue weighted by atomic mass is 35.5. The number of alkyl halides is 1. The maximum Gasteiger partial charge on any atom is 0.121 e. The molecule has 5 heteroatoms. The molecular formula is C20H28Cl2O3. The van der Waals surface area contributed by atoms with Crippen LogP contribution < -0.4 is 4.74 Å². The van der Waals surface area contributed by atoms with Crippen LogP contribution in [0.2, 0.25) is 5.02 Å². The Morgan fingerprint density at radius 3 is 2.76 bits per heavy atom. The summed E-state index contributed by atoms with van der Waals surface area (Å²) in [7, 11) is 1.65. The first-order valence-electron chi connectivity index (χ1n) is 8.93. The number of aliphatic hydroxyl groups excluding tert-OH is 1. The quantitative estimate of drug-likeness (QED) is 0.467. The minimum absolute atomic E-state index is 0.0155. The molecule has 1 aromatic carbocycles. The Kier molecular flexibility index (Phi) is 8.57. The van der Waals surface area contributed by atoms with Crippen LogP contribution in [-0.2, 0) is 11.3 Å². The van der Waals surface area contributed by atoms with E-state index in [0.29, 0.717) is 30.4 Å². The topological polar surface area (TPSA) is 38.7 Å². The summed E-state index contributed by atoms with van der Waals surface area (Å²) < 4.78 is 11.1. The lowest BCUT2D eigenvalue weighted by Crippen LogP contribution is -2.27. The van der Waals surface area contributed by atoms with E-state index in [1.807, 2.05) is 12.1 Å². The van der Waals surface area contributed by atoms with Gasteiger partial charge in [-0.2, -0.15) is 0 Å². The van der Waals surface area contributed by atoms with Gasteiger partial charge in [0.1, 0.15) is 5.75 Å². The molecule has 0 aliphatic heterocycles. The molecule has 3 nitrogen and oxygen atoms in total. The van der Waals surface area contributed by atoms with E-state index in [9.17, 15) is 5.11 Å². The van der Waals surface area contributed by atoms with E-state index in [-0.39, 0.29) is 17.2 Å². The van der Waals surface area contributed by atoms with Crippen LogP contribution in [0.25, 0.3) is 0 Å². The fraction of sp³-hybridized carbons (Fsp3) is 0.600. The molecule has 1 N–H and O–H groups in total. The van der Waals surface area contributed by atoms with E-state index in [2.05, 4.69) is 19.1 Å². The Morgan fingerprint density at radius 1 is 1.24 bits per heavy atom. The van der Waals surface area contributed by atoms with Crippen LogP contribution in [0, 0.1) is 11.8 Å². The third-order valence-electron chi connectivity index (χ3n) is 4.69. The normalized spacial score (nSPS) is 26.4. The summed E-state index contributed by atoms with van der Waals surface area (Å²) in [6, 6.07) is 5.57. The lowest BCUT2D eigenvalue weighted by Gasteiger charge is -2.23. The highest BCUT2D eigenvalue weighted by Crippen LogP contribution is 2.39. The number of rotatable bonds is 9. The summed E-state index contributed by atoms with van der Waals surface area (Å²) >= 11 is 12.6. The monoisotopic (exact) mass is 386 g/mol. The van der Waals surface area contributed by atoms with E-state index in [1.165, 1.54) is 0 Å². The van der Waals surface area contributed by atoms with Gasteiger partial charge in [-0.3, -0.25) is 0 Å². The summed E-state index contributed by atoms with van der Waals surface area (Å²) in [6.45, 7) is 3.08. The zero-order valence-electron chi connectivity index (χ0n) is 15.0. The number of aliphatic hydroxyl groups is 1. The van der Waals surface area contributed by atoms with E-state index in [1.54, 1.807) is 13.2 Å². The van der Waals surface area contributed by atoms with Crippen molar-refractivity contribution >= 4 is 23.2 Å². The maximum atomic E-state index is 10.4. The van der Waals surface area contributed by atoms with Crippen LogP contribution in [-0.4, -0.2) is 30.3 Å². The summed E-state index contributed by atoms with van der Waals surface area (Å²) in [4.78, 5) is 0. The second-order valence-corrected chi connectivity index (χ2v) is 7.68. The van der Waals surface area contributed by atoms with Gasteiger partial charge in [-0.05, 0) is 48.9 Å². The summed E-state index contributed by atoms with van der Waals surface area (Å²) in [5.41, 5.74) is 0.964. The highest BCUT2D eigenvalue weighted by molar-refractivity contribution is 6.30. The Morgan fingerprint density at radius 2 is 2.04 bits per heavy atom. The van der Waals surface area contributed by atoms with Crippen molar-refractivity contribution in [1.82, 2.24) is 0 Å². The van der Waals surface area contributed by atoms with Crippen molar-refractivity contribution in [3.8, 4) is 5.75 Å². The van der Waals surface area contributed by atoms with E-state index >= 15 is 0 Å². The number of unbranched alkanes of at least 4 members (excludes halogenated alkanes) is 1. The minimum atomic E-state index is -0.426. The summed E-state index contributed by atoms with van der Waals surface area (Å²) in [5, 5.41) is 11.0. The third-order valence-corrected chi connectivity index (χ3v) is 5.41. The van der Waals surface area contributed by atoms with Crippen molar-refractivity contribution in [1.29, 1.82) is 0 Å². The van der Waals surface area contributed by atoms with Crippen molar-refractivity contribution in [3.05, 3.63) is 40.9 Å². The first-order valence-corrected chi connectivity index (χ1v) is 9.75. The molecule has 0 spiro atoms. The number of halogens is 2. The third kappa shape index (κ3) is 6.18. The molecule has 25 heavy (non-hydrogen) atoms. The minimum Gasteiger partial charge on any atom is -0.493 e. The van der Waals surface area contributed by atoms with Crippen LogP contribution in [0.5, 0.6) is 5.75 Å². The van der Waals surface area contributed by atoms with E-state index in [0.717, 1.165) is 24.8 Å². The predicted octanol–water partition coefficient (Wildman–Crippen LogP) is 5.22. The first-order chi connectivity index (χ1) is 12.0. The van der Waals surface area contributed by atoms with Crippen LogP contribution in [0.1, 0.15) is 38.2 Å². The van der Waals surface area contributed by atoms with Gasteiger partial charge in [0.2, 0.25) is 0 Å². The zero-order chi connectivity index (χ0) is 18.2. The Labute approximate surface area is 160 Å². The van der Waals surface area contributed by atoms with Crippen molar-refractivity contribution in [3.63, 3.8) is 0 Å². The van der Waals surface area contributed by atoms with Crippen LogP contribution in [0.3, 0.4) is 0 Å². The largest absolute Gasteiger partial charge is 0.493 e. The molecule has 0 heterocycles. The number of hydrogen-bond acceptors (Lipinski definition) is 3. The first kappa shape index (κ1) is 20.6. The molecule has 1 aliphatic carbocycles. The van der Waals surface area contributed by atoms with Crippen molar-refractivity contribution < 1.29 is 14.6 Å². The van der Waals surface area contributed by atoms with Crippen LogP contribution in [0.15, 0.2) is 30.4 Å². The van der Waals surface area contributed by atoms with Crippen molar-refractivity contribution in [2.45, 2.75) is 50.7 Å². The van der Waals surface area contributed by atoms with Gasteiger partial charge in [-0.1, -0.05) is 37.1 Å². The molecule has 0 unspecified atom stereocenters. The highest BCUT2D eigenvalue weighted by Gasteiger charge is 2.41. The van der Waals surface area contributed by atoms with Gasteiger partial charge >= 0.3 is 0 Å². The second kappa shape index (κ2) is 10.4. The summed E-state index contributed by atoms with van der Waals surface area (Å²) in [6.07, 6.45) is 7.67. The van der Waals surface area contributed by atoms with Gasteiger partial charge in [-0.15, -0.1) is 11.6 Å². The average molecular weight is 387 g/mol. The molecule has 1 fully saturated rings. The van der Waals surface area contributed by atoms with E-state index in [4.69, 9.17) is 32.7 Å². The number of ether oxygens (including phenoxy) is 2. The molecule has 140 valence electrons. The number of benzene rings is 1. The zero-order valence-corrected chi connectivity index (χ0v) is 16.5. The predicted molar refractivity (Wildman–Crippen MR) is 104 cm³/mol. The van der Waals surface area contributed by atoms with Gasteiger partial charge in [0.15, 0.2) is 0 Å². The van der Waals surface area contributed by atoms with Gasteiger partial charge in [0.25, 0.3) is 0 Å². The number of hydrogen-bond donors (Lipinski definition) is 1. The SMILES string of the molecule is CCC/C=C\C[C@@H]1[C@@H](COc2cc(Cl)cc(COC)c2)[C@H](O)C[C@H]1Cl. The van der Waals surface area contributed by atoms with Crippen LogP contribution >= 0.6 is 23.2 Å². The molecule has 1 saturated carbocycles. The molecular weight excluding hydrogens is 359 g/mol. The Bertz CT molecular complexity index is 562. The molecule has 1 aromatic rings. The second-order valence-electron chi connectivity index (χ2n) is 6.68. The van der Waals surface area contributed by atoms with E-state index < -0.39 is 6.10 Å². The van der Waals surface area contributed by atoms with Gasteiger partial charge in [0.05, 0.1) is 19.3 Å². The van der Waals surface area contributed by atoms with Gasteiger partial charge < -0.3 is 14.6 Å². The number of methoxy groups -OCH3 is 1. The molecule has 0 radical (unpaired) electrons. The molecule has 2 rings (SSSR count). The smallest absolute Gasteiger partial charge is 0.121 e. The molecule has 0 saturated heterocycles. The van der Waals surface area contributed by atoms with Crippen molar-refractivity contribution in [2.24, 2.45) is 11.8 Å². The Balaban J connectivity index is 1.99. The van der Waals surface area contributed by atoms with Gasteiger partial charge in [-0.25, -0.2) is 0 Å². The molecule has 0 amide bonds. The average Bonchev–Trinajstić information content (AvgIpc) is 2.83. The maximum absolute atomic E-state index is 10.4. The Hall–Kier alpha value is -0.740. The molecule has 4 atom stereocenters. The van der Waals surface area contributed by atoms with Gasteiger partial charge in [0, 0.05) is 23.4 Å². The number of allylic oxidation sites excluding steroid dienone is 2. The summed E-state index contributed by atoms with van der Waals surface area (Å²) in [5.74, 6) is 0.950. The standard InChI is InChI=1S/C20H28Cl2O3/c1-3-4-5-6-7-17-18(20(23)11-19(17)22)13-25-16-9-14(12-24-2)8-15(21)10-16/h5-6,8-10,17-20,23H,3-4,7,11-13H2,1-2H3/b6-5-/t17-,18-,19-,20-/m1/s1.